The van der Waals surface area contributed by atoms with Gasteiger partial charge in [-0.15, -0.1) is 0 Å². The molecule has 0 unspecified atom stereocenters. The Morgan fingerprint density at radius 1 is 1.13 bits per heavy atom. The largest absolute Gasteiger partial charge is 0.379 e. The monoisotopic (exact) mass is 657 g/mol. The number of carbonyl (C=O) groups excluding carboxylic acids is 1. The van der Waals surface area contributed by atoms with Gasteiger partial charge < -0.3 is 19.4 Å². The highest BCUT2D eigenvalue weighted by atomic mass is 35.5. The van der Waals surface area contributed by atoms with Gasteiger partial charge in [0.25, 0.3) is 0 Å². The summed E-state index contributed by atoms with van der Waals surface area (Å²) < 4.78 is 7.02. The maximum Gasteiger partial charge on any atom is 0.245 e. The second kappa shape index (κ2) is 12.6. The number of rotatable bonds is 5. The van der Waals surface area contributed by atoms with Gasteiger partial charge in [0.05, 0.1) is 64.6 Å². The first kappa shape index (κ1) is 33.5. The number of carbonyl (C=O) groups is 1. The standard InChI is InChI=1S/C27H29B3Cl2N6O.C5H11NO/c1-4-19(39)36-13-26(14-36)10-15(11-26)38-23(27(28,29)30)21(24(35-38)37-8-6-5-7-25(37,2)3)20-16-12-33-34-18(16)9-17(31)22(20)32;1-6-2-4-7-5-3-6/h4,9,12,15H,1,5-8,10-11,13-14H2,2-3H3,(H,33,34);2-5H2,1H3. The van der Waals surface area contributed by atoms with Gasteiger partial charge in [-0.05, 0) is 65.1 Å². The Morgan fingerprint density at radius 3 is 2.41 bits per heavy atom. The number of anilines is 1. The number of piperidine rings is 1. The number of aromatic amines is 1. The van der Waals surface area contributed by atoms with Crippen molar-refractivity contribution in [2.24, 2.45) is 5.41 Å². The maximum atomic E-state index is 12.0. The van der Waals surface area contributed by atoms with E-state index in [9.17, 15) is 4.79 Å². The predicted molar refractivity (Wildman–Crippen MR) is 187 cm³/mol. The Balaban J connectivity index is 0.000000471. The third-order valence-electron chi connectivity index (χ3n) is 10.1. The van der Waals surface area contributed by atoms with E-state index in [-0.39, 0.29) is 22.9 Å². The van der Waals surface area contributed by atoms with Crippen molar-refractivity contribution in [2.45, 2.75) is 62.6 Å². The molecule has 14 heteroatoms. The molecule has 1 aromatic carbocycles. The van der Waals surface area contributed by atoms with Gasteiger partial charge in [-0.3, -0.25) is 14.6 Å². The number of fused-ring (bicyclic) bond motifs is 1. The van der Waals surface area contributed by atoms with Crippen LogP contribution in [0.1, 0.15) is 57.7 Å². The van der Waals surface area contributed by atoms with E-state index in [2.05, 4.69) is 47.5 Å². The molecule has 0 bridgehead atoms. The summed E-state index contributed by atoms with van der Waals surface area (Å²) >= 11 is 13.6. The van der Waals surface area contributed by atoms with E-state index < -0.39 is 5.11 Å². The van der Waals surface area contributed by atoms with Crippen LogP contribution < -0.4 is 4.90 Å². The number of hydrogen-bond donors (Lipinski definition) is 1. The summed E-state index contributed by atoms with van der Waals surface area (Å²) in [6.07, 6.45) is 7.95. The number of hydrogen-bond acceptors (Lipinski definition) is 6. The molecule has 2 aromatic heterocycles. The lowest BCUT2D eigenvalue weighted by Gasteiger charge is -2.59. The first-order chi connectivity index (χ1) is 21.7. The molecule has 0 atom stereocenters. The summed E-state index contributed by atoms with van der Waals surface area (Å²) in [5.74, 6) is 0.704. The van der Waals surface area contributed by atoms with Crippen molar-refractivity contribution in [2.75, 3.05) is 57.9 Å². The Morgan fingerprint density at radius 2 is 1.83 bits per heavy atom. The quantitative estimate of drug-likeness (QED) is 0.324. The highest BCUT2D eigenvalue weighted by molar-refractivity contribution is 6.59. The fourth-order valence-corrected chi connectivity index (χ4v) is 7.98. The summed E-state index contributed by atoms with van der Waals surface area (Å²) in [6, 6.07) is 1.78. The van der Waals surface area contributed by atoms with Gasteiger partial charge in [0.1, 0.15) is 0 Å². The number of amides is 1. The van der Waals surface area contributed by atoms with Crippen LogP contribution in [0.2, 0.25) is 10.0 Å². The Bertz CT molecular complexity index is 1620. The van der Waals surface area contributed by atoms with Crippen LogP contribution in [0, 0.1) is 5.41 Å². The fourth-order valence-electron chi connectivity index (χ4n) is 7.53. The second-order valence-corrected chi connectivity index (χ2v) is 14.9. The highest BCUT2D eigenvalue weighted by Gasteiger charge is 2.55. The number of benzene rings is 1. The maximum absolute atomic E-state index is 12.0. The zero-order valence-corrected chi connectivity index (χ0v) is 28.5. The third-order valence-corrected chi connectivity index (χ3v) is 10.8. The van der Waals surface area contributed by atoms with Crippen molar-refractivity contribution >= 4 is 69.4 Å². The molecule has 9 nitrogen and oxygen atoms in total. The van der Waals surface area contributed by atoms with E-state index in [1.807, 2.05) is 9.58 Å². The van der Waals surface area contributed by atoms with E-state index in [0.717, 1.165) is 81.7 Å². The van der Waals surface area contributed by atoms with Crippen LogP contribution >= 0.6 is 23.2 Å². The lowest BCUT2D eigenvalue weighted by molar-refractivity contribution is -0.149. The Hall–Kier alpha value is -2.40. The average molecular weight is 658 g/mol. The summed E-state index contributed by atoms with van der Waals surface area (Å²) in [7, 11) is 21.7. The Kier molecular flexibility index (Phi) is 9.15. The van der Waals surface area contributed by atoms with Crippen LogP contribution in [0.15, 0.2) is 24.9 Å². The van der Waals surface area contributed by atoms with Crippen LogP contribution in [-0.4, -0.2) is 118 Å². The number of morpholine rings is 1. The second-order valence-electron chi connectivity index (χ2n) is 14.1. The SMILES string of the molecule is CN1CCOCC1.[B]C([B])([B])c1c(-c2c(Cl)c(Cl)cc3[nH]ncc23)c(N2CCCCC2(C)C)nn1C1CC2(C1)CN(C(=O)C=C)C2. The minimum atomic E-state index is -1.71. The van der Waals surface area contributed by atoms with Crippen molar-refractivity contribution in [3.8, 4) is 11.1 Å². The molecular formula is C32H40B3Cl2N7O2. The lowest BCUT2D eigenvalue weighted by Crippen LogP contribution is -2.63. The molecule has 4 aliphatic rings. The summed E-state index contributed by atoms with van der Waals surface area (Å²) in [5.41, 5.74) is 2.49. The first-order valence-electron chi connectivity index (χ1n) is 16.0. The summed E-state index contributed by atoms with van der Waals surface area (Å²) in [4.78, 5) is 18.5. The van der Waals surface area contributed by atoms with E-state index in [1.54, 1.807) is 12.3 Å². The summed E-state index contributed by atoms with van der Waals surface area (Å²) in [5, 5.41) is 12.3. The van der Waals surface area contributed by atoms with Crippen molar-refractivity contribution in [3.63, 3.8) is 0 Å². The normalized spacial score (nSPS) is 21.4. The van der Waals surface area contributed by atoms with Gasteiger partial charge in [-0.2, -0.15) is 10.2 Å². The molecule has 7 rings (SSSR count). The van der Waals surface area contributed by atoms with Gasteiger partial charge in [0.2, 0.25) is 5.91 Å². The van der Waals surface area contributed by atoms with Gasteiger partial charge in [-0.1, -0.05) is 34.9 Å². The number of ether oxygens (including phenoxy) is 1. The molecule has 1 amide bonds. The van der Waals surface area contributed by atoms with Gasteiger partial charge in [-0.25, -0.2) is 0 Å². The predicted octanol–water partition coefficient (Wildman–Crippen LogP) is 4.42. The van der Waals surface area contributed by atoms with Gasteiger partial charge >= 0.3 is 0 Å². The smallest absolute Gasteiger partial charge is 0.245 e. The minimum absolute atomic E-state index is 0.0224. The van der Waals surface area contributed by atoms with Crippen molar-refractivity contribution in [1.29, 1.82) is 0 Å². The molecule has 4 fully saturated rings. The molecule has 5 heterocycles. The molecule has 46 heavy (non-hydrogen) atoms. The van der Waals surface area contributed by atoms with Gasteiger partial charge in [0, 0.05) is 65.9 Å². The molecule has 238 valence electrons. The number of nitrogens with zero attached hydrogens (tertiary/aromatic N) is 6. The van der Waals surface area contributed by atoms with E-state index in [0.29, 0.717) is 40.0 Å². The zero-order valence-electron chi connectivity index (χ0n) is 27.0. The number of aromatic nitrogens is 4. The average Bonchev–Trinajstić information content (AvgIpc) is 3.57. The molecule has 3 aliphatic heterocycles. The summed E-state index contributed by atoms with van der Waals surface area (Å²) in [6.45, 7) is 14.3. The van der Waals surface area contributed by atoms with Crippen LogP contribution in [0.25, 0.3) is 22.0 Å². The number of likely N-dealkylation sites (tertiary alicyclic amines) is 1. The molecule has 1 saturated carbocycles. The third kappa shape index (κ3) is 6.15. The zero-order chi connectivity index (χ0) is 33.0. The molecule has 1 N–H and O–H groups in total. The van der Waals surface area contributed by atoms with Crippen LogP contribution in [-0.2, 0) is 14.6 Å². The lowest BCUT2D eigenvalue weighted by atomic mass is 9.40. The Labute approximate surface area is 285 Å². The van der Waals surface area contributed by atoms with Crippen LogP contribution in [0.3, 0.4) is 0 Å². The van der Waals surface area contributed by atoms with E-state index >= 15 is 0 Å². The van der Waals surface area contributed by atoms with Crippen LogP contribution in [0.4, 0.5) is 5.82 Å². The fraction of sp³-hybridized carbons (Fsp3) is 0.594. The van der Waals surface area contributed by atoms with E-state index in [4.69, 9.17) is 56.6 Å². The highest BCUT2D eigenvalue weighted by Crippen LogP contribution is 2.56. The first-order valence-corrected chi connectivity index (χ1v) is 16.8. The van der Waals surface area contributed by atoms with Crippen molar-refractivity contribution in [1.82, 2.24) is 29.8 Å². The van der Waals surface area contributed by atoms with Crippen molar-refractivity contribution < 1.29 is 9.53 Å². The number of H-pyrrole nitrogens is 1. The minimum Gasteiger partial charge on any atom is -0.379 e. The topological polar surface area (TPSA) is 82.5 Å². The molecule has 1 aliphatic carbocycles. The molecule has 1 spiro atoms. The molecule has 3 saturated heterocycles. The number of nitrogens with one attached hydrogen (secondary N) is 1. The van der Waals surface area contributed by atoms with Gasteiger partial charge in [0.15, 0.2) is 5.82 Å². The molecular weight excluding hydrogens is 618 g/mol. The van der Waals surface area contributed by atoms with Crippen LogP contribution in [0.5, 0.6) is 0 Å². The number of likely N-dealkylation sites (N-methyl/N-ethyl adjacent to an activating group) is 1. The number of halogens is 2. The van der Waals surface area contributed by atoms with E-state index in [1.165, 1.54) is 6.08 Å². The molecule has 6 radical (unpaired) electrons. The molecule has 3 aromatic rings. The van der Waals surface area contributed by atoms with Crippen molar-refractivity contribution in [3.05, 3.63) is 40.7 Å².